The lowest BCUT2D eigenvalue weighted by molar-refractivity contribution is -0.132. The van der Waals surface area contributed by atoms with E-state index in [1.54, 1.807) is 10.7 Å². The van der Waals surface area contributed by atoms with E-state index < -0.39 is 0 Å². The maximum absolute atomic E-state index is 13.8. The van der Waals surface area contributed by atoms with Crippen LogP contribution in [-0.4, -0.2) is 51.7 Å². The molecule has 3 heterocycles. The first kappa shape index (κ1) is 20.4. The van der Waals surface area contributed by atoms with Gasteiger partial charge in [-0.25, -0.2) is 9.50 Å². The molecular formula is C26H26N4O2. The Morgan fingerprint density at radius 1 is 1.00 bits per heavy atom. The topological polar surface area (TPSA) is 59.7 Å². The highest BCUT2D eigenvalue weighted by atomic mass is 16.5. The third kappa shape index (κ3) is 4.41. The summed E-state index contributed by atoms with van der Waals surface area (Å²) in [6, 6.07) is 24.0. The number of carbonyl (C=O) groups excluding carboxylic acids is 1. The summed E-state index contributed by atoms with van der Waals surface area (Å²) in [7, 11) is 0. The fraction of sp³-hybridized carbons (Fsp3) is 0.269. The number of benzene rings is 2. The molecule has 1 amide bonds. The van der Waals surface area contributed by atoms with Gasteiger partial charge in [0.05, 0.1) is 24.8 Å². The average molecular weight is 427 g/mol. The quantitative estimate of drug-likeness (QED) is 0.489. The third-order valence-corrected chi connectivity index (χ3v) is 5.97. The van der Waals surface area contributed by atoms with E-state index in [9.17, 15) is 4.79 Å². The summed E-state index contributed by atoms with van der Waals surface area (Å²) in [4.78, 5) is 20.1. The molecule has 0 aliphatic carbocycles. The van der Waals surface area contributed by atoms with Crippen LogP contribution in [0.1, 0.15) is 22.7 Å². The molecule has 0 unspecified atom stereocenters. The number of fused-ring (bicyclic) bond motifs is 1. The van der Waals surface area contributed by atoms with Crippen molar-refractivity contribution in [1.82, 2.24) is 19.5 Å². The summed E-state index contributed by atoms with van der Waals surface area (Å²) in [6.45, 7) is 2.42. The van der Waals surface area contributed by atoms with Crippen molar-refractivity contribution in [1.29, 1.82) is 0 Å². The van der Waals surface area contributed by atoms with E-state index >= 15 is 0 Å². The summed E-state index contributed by atoms with van der Waals surface area (Å²) in [6.07, 6.45) is 4.34. The Balaban J connectivity index is 1.38. The minimum atomic E-state index is -0.323. The van der Waals surface area contributed by atoms with E-state index in [2.05, 4.69) is 10.1 Å². The van der Waals surface area contributed by atoms with Crippen molar-refractivity contribution in [3.8, 4) is 0 Å². The van der Waals surface area contributed by atoms with Gasteiger partial charge in [-0.2, -0.15) is 5.10 Å². The molecule has 0 radical (unpaired) electrons. The van der Waals surface area contributed by atoms with Crippen molar-refractivity contribution in [2.75, 3.05) is 26.3 Å². The van der Waals surface area contributed by atoms with Gasteiger partial charge in [0, 0.05) is 31.4 Å². The van der Waals surface area contributed by atoms with Gasteiger partial charge in [0.25, 0.3) is 0 Å². The number of imidazole rings is 1. The van der Waals surface area contributed by atoms with E-state index in [4.69, 9.17) is 4.74 Å². The molecule has 6 nitrogen and oxygen atoms in total. The van der Waals surface area contributed by atoms with Crippen LogP contribution in [0.4, 0.5) is 0 Å². The fourth-order valence-electron chi connectivity index (χ4n) is 4.41. The highest BCUT2D eigenvalue weighted by molar-refractivity contribution is 5.87. The van der Waals surface area contributed by atoms with Crippen molar-refractivity contribution in [2.24, 2.45) is 5.92 Å². The van der Waals surface area contributed by atoms with Gasteiger partial charge in [0.2, 0.25) is 5.91 Å². The zero-order valence-corrected chi connectivity index (χ0v) is 17.9. The monoisotopic (exact) mass is 426 g/mol. The molecule has 1 aliphatic heterocycles. The highest BCUT2D eigenvalue weighted by Crippen LogP contribution is 2.28. The maximum atomic E-state index is 13.8. The molecule has 2 aromatic carbocycles. The Labute approximate surface area is 187 Å². The second-order valence-electron chi connectivity index (χ2n) is 8.24. The Bertz CT molecular complexity index is 1140. The number of ether oxygens (including phenoxy) is 1. The number of nitrogens with zero attached hydrogens (tertiary/aromatic N) is 4. The molecule has 162 valence electrons. The summed E-state index contributed by atoms with van der Waals surface area (Å²) in [5, 5.41) is 4.66. The predicted octanol–water partition coefficient (Wildman–Crippen LogP) is 3.58. The molecular weight excluding hydrogens is 400 g/mol. The van der Waals surface area contributed by atoms with Crippen molar-refractivity contribution in [3.63, 3.8) is 0 Å². The van der Waals surface area contributed by atoms with Crippen LogP contribution in [0.5, 0.6) is 0 Å². The van der Waals surface area contributed by atoms with Crippen molar-refractivity contribution < 1.29 is 9.53 Å². The van der Waals surface area contributed by atoms with Gasteiger partial charge < -0.3 is 9.64 Å². The lowest BCUT2D eigenvalue weighted by Gasteiger charge is -2.28. The smallest absolute Gasteiger partial charge is 0.234 e. The zero-order valence-electron chi connectivity index (χ0n) is 17.9. The van der Waals surface area contributed by atoms with E-state index in [0.29, 0.717) is 26.3 Å². The van der Waals surface area contributed by atoms with Gasteiger partial charge in [0.15, 0.2) is 5.65 Å². The van der Waals surface area contributed by atoms with Gasteiger partial charge in [-0.3, -0.25) is 4.79 Å². The standard InChI is InChI=1S/C26H26N4O2/c31-26(25(21-7-3-1-4-8-21)22-9-5-2-6-10-22)29-15-16-32-19-20(18-29)17-23-11-12-24-27-13-14-30(24)28-23/h1-14,20,25H,15-19H2/t20-/m1/s1. The molecule has 1 fully saturated rings. The lowest BCUT2D eigenvalue weighted by atomic mass is 9.89. The molecule has 6 heteroatoms. The molecule has 1 atom stereocenters. The number of amides is 1. The van der Waals surface area contributed by atoms with Gasteiger partial charge in [-0.15, -0.1) is 0 Å². The fourth-order valence-corrected chi connectivity index (χ4v) is 4.41. The normalized spacial score (nSPS) is 16.9. The molecule has 0 N–H and O–H groups in total. The van der Waals surface area contributed by atoms with Crippen molar-refractivity contribution >= 4 is 11.6 Å². The molecule has 1 saturated heterocycles. The molecule has 4 aromatic rings. The minimum absolute atomic E-state index is 0.121. The van der Waals surface area contributed by atoms with Crippen LogP contribution >= 0.6 is 0 Å². The molecule has 1 aliphatic rings. The number of aromatic nitrogens is 3. The van der Waals surface area contributed by atoms with E-state index in [-0.39, 0.29) is 17.7 Å². The first-order chi connectivity index (χ1) is 15.8. The number of hydrogen-bond acceptors (Lipinski definition) is 4. The number of carbonyl (C=O) groups is 1. The van der Waals surface area contributed by atoms with Gasteiger partial charge >= 0.3 is 0 Å². The second kappa shape index (κ2) is 9.32. The molecule has 5 rings (SSSR count). The van der Waals surface area contributed by atoms with Crippen LogP contribution in [0.25, 0.3) is 5.65 Å². The van der Waals surface area contributed by atoms with Crippen molar-refractivity contribution in [3.05, 3.63) is 102 Å². The van der Waals surface area contributed by atoms with Crippen LogP contribution in [0.3, 0.4) is 0 Å². The summed E-state index contributed by atoms with van der Waals surface area (Å²) in [5.41, 5.74) is 3.83. The van der Waals surface area contributed by atoms with Gasteiger partial charge in [0.1, 0.15) is 0 Å². The average Bonchev–Trinajstić information content (AvgIpc) is 3.18. The van der Waals surface area contributed by atoms with Crippen LogP contribution in [0.2, 0.25) is 0 Å². The van der Waals surface area contributed by atoms with Crippen LogP contribution < -0.4 is 0 Å². The molecule has 0 bridgehead atoms. The lowest BCUT2D eigenvalue weighted by Crippen LogP contribution is -2.39. The molecule has 2 aromatic heterocycles. The first-order valence-corrected chi connectivity index (χ1v) is 11.0. The molecule has 0 saturated carbocycles. The van der Waals surface area contributed by atoms with Crippen LogP contribution in [0, 0.1) is 5.92 Å². The maximum Gasteiger partial charge on any atom is 0.234 e. The summed E-state index contributed by atoms with van der Waals surface area (Å²) >= 11 is 0. The second-order valence-corrected chi connectivity index (χ2v) is 8.24. The Hall–Kier alpha value is -3.51. The zero-order chi connectivity index (χ0) is 21.8. The summed E-state index contributed by atoms with van der Waals surface area (Å²) in [5.74, 6) is -0.0189. The van der Waals surface area contributed by atoms with E-state index in [1.165, 1.54) is 0 Å². The van der Waals surface area contributed by atoms with Crippen LogP contribution in [0.15, 0.2) is 85.2 Å². The van der Waals surface area contributed by atoms with Gasteiger partial charge in [-0.1, -0.05) is 60.7 Å². The molecule has 32 heavy (non-hydrogen) atoms. The molecule has 0 spiro atoms. The van der Waals surface area contributed by atoms with E-state index in [0.717, 1.165) is 28.9 Å². The Morgan fingerprint density at radius 2 is 1.72 bits per heavy atom. The van der Waals surface area contributed by atoms with Crippen molar-refractivity contribution in [2.45, 2.75) is 12.3 Å². The Kier molecular flexibility index (Phi) is 5.94. The SMILES string of the molecule is O=C(C(c1ccccc1)c1ccccc1)N1CCOC[C@H](Cc2ccc3nccn3n2)C1. The van der Waals surface area contributed by atoms with Gasteiger partial charge in [-0.05, 0) is 29.7 Å². The summed E-state index contributed by atoms with van der Waals surface area (Å²) < 4.78 is 7.67. The number of rotatable bonds is 5. The Morgan fingerprint density at radius 3 is 2.44 bits per heavy atom. The number of hydrogen-bond donors (Lipinski definition) is 0. The largest absolute Gasteiger partial charge is 0.379 e. The van der Waals surface area contributed by atoms with E-state index in [1.807, 2.05) is 83.9 Å². The minimum Gasteiger partial charge on any atom is -0.379 e. The first-order valence-electron chi connectivity index (χ1n) is 11.0. The predicted molar refractivity (Wildman–Crippen MR) is 122 cm³/mol. The highest BCUT2D eigenvalue weighted by Gasteiger charge is 2.30. The third-order valence-electron chi connectivity index (χ3n) is 5.97. The van der Waals surface area contributed by atoms with Crippen LogP contribution in [-0.2, 0) is 16.0 Å².